The van der Waals surface area contributed by atoms with Crippen LogP contribution in [0.5, 0.6) is 5.75 Å². The third kappa shape index (κ3) is 4.86. The summed E-state index contributed by atoms with van der Waals surface area (Å²) in [5.74, 6) is 0.634. The number of carbonyl (C=O) groups is 1. The Kier molecular flexibility index (Phi) is 6.18. The topological polar surface area (TPSA) is 56.1 Å². The van der Waals surface area contributed by atoms with Crippen LogP contribution in [0.2, 0.25) is 5.02 Å². The molecule has 1 atom stereocenters. The van der Waals surface area contributed by atoms with Crippen molar-refractivity contribution in [1.82, 2.24) is 14.9 Å². The third-order valence-electron chi connectivity index (χ3n) is 4.92. The lowest BCUT2D eigenvalue weighted by Gasteiger charge is -2.17. The summed E-state index contributed by atoms with van der Waals surface area (Å²) in [6, 6.07) is 20.7. The molecule has 0 saturated heterocycles. The van der Waals surface area contributed by atoms with Gasteiger partial charge in [-0.25, -0.2) is 9.37 Å². The van der Waals surface area contributed by atoms with Gasteiger partial charge in [0.1, 0.15) is 17.4 Å². The number of benzene rings is 3. The van der Waals surface area contributed by atoms with Crippen LogP contribution in [0.25, 0.3) is 11.0 Å². The molecule has 1 heterocycles. The van der Waals surface area contributed by atoms with Gasteiger partial charge in [-0.05, 0) is 49.4 Å². The lowest BCUT2D eigenvalue weighted by molar-refractivity contribution is -0.123. The number of amides is 1. The van der Waals surface area contributed by atoms with Gasteiger partial charge in [0.2, 0.25) is 0 Å². The van der Waals surface area contributed by atoms with Gasteiger partial charge in [-0.2, -0.15) is 0 Å². The number of imidazole rings is 1. The van der Waals surface area contributed by atoms with E-state index in [0.29, 0.717) is 28.7 Å². The third-order valence-corrected chi connectivity index (χ3v) is 5.17. The molecule has 3 aromatic carbocycles. The minimum atomic E-state index is -0.402. The SMILES string of the molecule is CC(NC(=O)COc1ccc(Cl)cc1)c1nc2ccccc2n1Cc1ccccc1F. The summed E-state index contributed by atoms with van der Waals surface area (Å²) in [5, 5.41) is 3.51. The maximum absolute atomic E-state index is 14.3. The predicted octanol–water partition coefficient (Wildman–Crippen LogP) is 5.13. The van der Waals surface area contributed by atoms with Gasteiger partial charge in [-0.3, -0.25) is 4.79 Å². The monoisotopic (exact) mass is 437 g/mol. The van der Waals surface area contributed by atoms with Crippen LogP contribution in [0.4, 0.5) is 4.39 Å². The predicted molar refractivity (Wildman–Crippen MR) is 119 cm³/mol. The molecule has 7 heteroatoms. The van der Waals surface area contributed by atoms with Gasteiger partial charge in [0.05, 0.1) is 23.6 Å². The van der Waals surface area contributed by atoms with Gasteiger partial charge in [0, 0.05) is 10.6 Å². The fourth-order valence-electron chi connectivity index (χ4n) is 3.42. The first-order valence-electron chi connectivity index (χ1n) is 9.87. The summed E-state index contributed by atoms with van der Waals surface area (Å²) >= 11 is 5.86. The van der Waals surface area contributed by atoms with Gasteiger partial charge in [-0.1, -0.05) is 41.9 Å². The van der Waals surface area contributed by atoms with Gasteiger partial charge in [-0.15, -0.1) is 0 Å². The van der Waals surface area contributed by atoms with Crippen molar-refractivity contribution in [3.05, 3.63) is 95.0 Å². The summed E-state index contributed by atoms with van der Waals surface area (Å²) in [4.78, 5) is 17.1. The molecule has 1 N–H and O–H groups in total. The molecule has 0 spiro atoms. The van der Waals surface area contributed by atoms with Crippen molar-refractivity contribution in [3.8, 4) is 5.75 Å². The van der Waals surface area contributed by atoms with Crippen molar-refractivity contribution in [2.24, 2.45) is 0 Å². The van der Waals surface area contributed by atoms with Crippen molar-refractivity contribution < 1.29 is 13.9 Å². The van der Waals surface area contributed by atoms with E-state index in [0.717, 1.165) is 11.0 Å². The second-order valence-electron chi connectivity index (χ2n) is 7.17. The number of hydrogen-bond acceptors (Lipinski definition) is 3. The zero-order valence-electron chi connectivity index (χ0n) is 16.9. The Balaban J connectivity index is 1.53. The zero-order valence-corrected chi connectivity index (χ0v) is 17.6. The standard InChI is InChI=1S/C24H21ClFN3O2/c1-16(27-23(30)15-31-19-12-10-18(25)11-13-19)24-28-21-8-4-5-9-22(21)29(24)14-17-6-2-3-7-20(17)26/h2-13,16H,14-15H2,1H3,(H,27,30). The van der Waals surface area contributed by atoms with Gasteiger partial charge >= 0.3 is 0 Å². The van der Waals surface area contributed by atoms with Crippen LogP contribution in [0.15, 0.2) is 72.8 Å². The Bertz CT molecular complexity index is 1210. The van der Waals surface area contributed by atoms with Crippen LogP contribution in [-0.2, 0) is 11.3 Å². The van der Waals surface area contributed by atoms with Crippen LogP contribution in [-0.4, -0.2) is 22.1 Å². The second kappa shape index (κ2) is 9.18. The number of nitrogens with zero attached hydrogens (tertiary/aromatic N) is 2. The molecule has 1 unspecified atom stereocenters. The lowest BCUT2D eigenvalue weighted by atomic mass is 10.2. The zero-order chi connectivity index (χ0) is 21.8. The number of fused-ring (bicyclic) bond motifs is 1. The number of carbonyl (C=O) groups excluding carboxylic acids is 1. The van der Waals surface area contributed by atoms with Crippen LogP contribution in [0.3, 0.4) is 0 Å². The molecule has 0 saturated carbocycles. The lowest BCUT2D eigenvalue weighted by Crippen LogP contribution is -2.32. The minimum Gasteiger partial charge on any atom is -0.484 e. The van der Waals surface area contributed by atoms with E-state index < -0.39 is 6.04 Å². The van der Waals surface area contributed by atoms with Crippen molar-refractivity contribution in [3.63, 3.8) is 0 Å². The summed E-state index contributed by atoms with van der Waals surface area (Å²) < 4.78 is 21.7. The molecule has 0 bridgehead atoms. The molecule has 0 aliphatic carbocycles. The molecule has 5 nitrogen and oxygen atoms in total. The molecule has 31 heavy (non-hydrogen) atoms. The van der Waals surface area contributed by atoms with Crippen molar-refractivity contribution >= 4 is 28.5 Å². The van der Waals surface area contributed by atoms with Crippen molar-refractivity contribution in [2.45, 2.75) is 19.5 Å². The highest BCUT2D eigenvalue weighted by Gasteiger charge is 2.19. The molecule has 4 rings (SSSR count). The first-order valence-corrected chi connectivity index (χ1v) is 10.3. The minimum absolute atomic E-state index is 0.139. The van der Waals surface area contributed by atoms with Gasteiger partial charge in [0.25, 0.3) is 5.91 Å². The summed E-state index contributed by atoms with van der Waals surface area (Å²) in [7, 11) is 0. The fourth-order valence-corrected chi connectivity index (χ4v) is 3.54. The van der Waals surface area contributed by atoms with E-state index in [1.807, 2.05) is 35.8 Å². The van der Waals surface area contributed by atoms with Gasteiger partial charge < -0.3 is 14.6 Å². The first kappa shape index (κ1) is 20.9. The number of ether oxygens (including phenoxy) is 1. The highest BCUT2D eigenvalue weighted by molar-refractivity contribution is 6.30. The Morgan fingerprint density at radius 2 is 1.81 bits per heavy atom. The van der Waals surface area contributed by atoms with E-state index in [-0.39, 0.29) is 18.3 Å². The fraction of sp³-hybridized carbons (Fsp3) is 0.167. The van der Waals surface area contributed by atoms with Crippen LogP contribution < -0.4 is 10.1 Å². The number of hydrogen-bond donors (Lipinski definition) is 1. The number of halogens is 2. The molecule has 4 aromatic rings. The van der Waals surface area contributed by atoms with E-state index in [4.69, 9.17) is 16.3 Å². The molecule has 0 radical (unpaired) electrons. The Morgan fingerprint density at radius 3 is 2.58 bits per heavy atom. The van der Waals surface area contributed by atoms with Crippen LogP contribution >= 0.6 is 11.6 Å². The average molecular weight is 438 g/mol. The molecule has 1 aromatic heterocycles. The summed E-state index contributed by atoms with van der Waals surface area (Å²) in [6.07, 6.45) is 0. The van der Waals surface area contributed by atoms with E-state index in [2.05, 4.69) is 10.3 Å². The normalized spacial score (nSPS) is 12.0. The number of nitrogens with one attached hydrogen (secondary N) is 1. The Labute approximate surface area is 184 Å². The maximum atomic E-state index is 14.3. The summed E-state index contributed by atoms with van der Waals surface area (Å²) in [5.41, 5.74) is 2.21. The molecule has 1 amide bonds. The van der Waals surface area contributed by atoms with E-state index in [1.165, 1.54) is 6.07 Å². The molecule has 0 fully saturated rings. The number of aromatic nitrogens is 2. The van der Waals surface area contributed by atoms with Crippen LogP contribution in [0.1, 0.15) is 24.4 Å². The molecule has 0 aliphatic rings. The average Bonchev–Trinajstić information content (AvgIpc) is 3.13. The largest absolute Gasteiger partial charge is 0.484 e. The smallest absolute Gasteiger partial charge is 0.258 e. The first-order chi connectivity index (χ1) is 15.0. The van der Waals surface area contributed by atoms with Gasteiger partial charge in [0.15, 0.2) is 6.61 Å². The number of para-hydroxylation sites is 2. The van der Waals surface area contributed by atoms with E-state index >= 15 is 0 Å². The molecule has 158 valence electrons. The summed E-state index contributed by atoms with van der Waals surface area (Å²) in [6.45, 7) is 2.02. The molecular formula is C24H21ClFN3O2. The molecular weight excluding hydrogens is 417 g/mol. The van der Waals surface area contributed by atoms with Crippen molar-refractivity contribution in [2.75, 3.05) is 6.61 Å². The quantitative estimate of drug-likeness (QED) is 0.436. The van der Waals surface area contributed by atoms with E-state index in [1.54, 1.807) is 42.5 Å². The van der Waals surface area contributed by atoms with Crippen LogP contribution in [0, 0.1) is 5.82 Å². The number of rotatable bonds is 7. The van der Waals surface area contributed by atoms with Crippen molar-refractivity contribution in [1.29, 1.82) is 0 Å². The molecule has 0 aliphatic heterocycles. The highest BCUT2D eigenvalue weighted by Crippen LogP contribution is 2.23. The highest BCUT2D eigenvalue weighted by atomic mass is 35.5. The maximum Gasteiger partial charge on any atom is 0.258 e. The second-order valence-corrected chi connectivity index (χ2v) is 7.60. The Hall–Kier alpha value is -3.38. The Morgan fingerprint density at radius 1 is 1.10 bits per heavy atom. The van der Waals surface area contributed by atoms with E-state index in [9.17, 15) is 9.18 Å².